The Morgan fingerprint density at radius 1 is 0.844 bits per heavy atom. The van der Waals surface area contributed by atoms with Crippen LogP contribution in [0.1, 0.15) is 47.6 Å². The van der Waals surface area contributed by atoms with Gasteiger partial charge in [0.25, 0.3) is 0 Å². The van der Waals surface area contributed by atoms with Crippen LogP contribution >= 0.6 is 0 Å². The molecule has 0 spiro atoms. The molecule has 2 aromatic carbocycles. The van der Waals surface area contributed by atoms with E-state index in [1.54, 1.807) is 0 Å². The third-order valence-electron chi connectivity index (χ3n) is 5.66. The first-order valence-electron chi connectivity index (χ1n) is 11.1. The number of oxazole rings is 2. The van der Waals surface area contributed by atoms with Crippen molar-refractivity contribution in [1.29, 1.82) is 0 Å². The Morgan fingerprint density at radius 3 is 2.22 bits per heavy atom. The summed E-state index contributed by atoms with van der Waals surface area (Å²) in [6.07, 6.45) is 6.27. The van der Waals surface area contributed by atoms with Crippen LogP contribution in [0.15, 0.2) is 68.2 Å². The predicted octanol–water partition coefficient (Wildman–Crippen LogP) is 5.38. The number of nitrogens with one attached hydrogen (secondary N) is 1. The van der Waals surface area contributed by atoms with Gasteiger partial charge in [-0.3, -0.25) is 4.98 Å². The second-order valence-electron chi connectivity index (χ2n) is 8.05. The summed E-state index contributed by atoms with van der Waals surface area (Å²) in [6, 6.07) is 18.7. The van der Waals surface area contributed by atoms with E-state index in [-0.39, 0.29) is 5.88 Å². The Balaban J connectivity index is 1.21. The molecular weight excluding hydrogens is 404 g/mol. The Kier molecular flexibility index (Phi) is 6.90. The van der Waals surface area contributed by atoms with Crippen molar-refractivity contribution < 1.29 is 13.9 Å². The van der Waals surface area contributed by atoms with E-state index in [4.69, 9.17) is 13.8 Å². The molecule has 0 radical (unpaired) electrons. The number of aryl methyl sites for hydroxylation is 5. The molecule has 0 amide bonds. The minimum Gasteiger partial charge on any atom is -0.492 e. The molecule has 4 rings (SSSR count). The van der Waals surface area contributed by atoms with E-state index in [0.717, 1.165) is 55.5 Å². The molecule has 6 heteroatoms. The summed E-state index contributed by atoms with van der Waals surface area (Å²) < 4.78 is 10.8. The molecule has 4 aromatic rings. The van der Waals surface area contributed by atoms with E-state index < -0.39 is 5.76 Å². The van der Waals surface area contributed by atoms with Crippen molar-refractivity contribution in [3.63, 3.8) is 0 Å². The van der Waals surface area contributed by atoms with Crippen molar-refractivity contribution in [2.45, 2.75) is 51.9 Å². The number of unbranched alkanes of at least 4 members (excludes halogenated alkanes) is 2. The molecule has 0 aliphatic heterocycles. The van der Waals surface area contributed by atoms with E-state index in [2.05, 4.69) is 29.2 Å². The molecule has 166 valence electrons. The van der Waals surface area contributed by atoms with Gasteiger partial charge in [0.1, 0.15) is 5.76 Å². The number of benzene rings is 2. The third-order valence-corrected chi connectivity index (χ3v) is 5.66. The van der Waals surface area contributed by atoms with Gasteiger partial charge in [-0.05, 0) is 62.3 Å². The maximum Gasteiger partial charge on any atom is 0.419 e. The molecule has 6 nitrogen and oxygen atoms in total. The quantitative estimate of drug-likeness (QED) is 0.328. The largest absolute Gasteiger partial charge is 0.492 e. The molecule has 2 heterocycles. The van der Waals surface area contributed by atoms with Gasteiger partial charge in [-0.15, -0.1) is 0 Å². The van der Waals surface area contributed by atoms with E-state index in [9.17, 15) is 9.90 Å². The number of rotatable bonds is 10. The van der Waals surface area contributed by atoms with Crippen LogP contribution in [0.25, 0.3) is 11.5 Å². The van der Waals surface area contributed by atoms with Crippen molar-refractivity contribution in [3.05, 3.63) is 93.5 Å². The first kappa shape index (κ1) is 21.7. The summed E-state index contributed by atoms with van der Waals surface area (Å²) >= 11 is 0. The highest BCUT2D eigenvalue weighted by molar-refractivity contribution is 5.53. The highest BCUT2D eigenvalue weighted by atomic mass is 16.4. The average molecular weight is 433 g/mol. The second kappa shape index (κ2) is 10.2. The standard InChI is InChI=1S/C26H28N2O4/c1-18-22(27-25(31-18)21-9-5-3-6-10-21)17-16-20-14-12-19(13-15-20)8-4-2-7-11-23-24(29)28-26(30)32-23/h3,5-6,9-10,12-15,29H,2,4,7-8,11,16-17H2,1H3,(H,28,30). The molecule has 0 fully saturated rings. The molecule has 0 aliphatic rings. The van der Waals surface area contributed by atoms with Crippen molar-refractivity contribution in [2.24, 2.45) is 0 Å². The lowest BCUT2D eigenvalue weighted by Crippen LogP contribution is -1.95. The molecule has 0 saturated heterocycles. The summed E-state index contributed by atoms with van der Waals surface area (Å²) in [5.41, 5.74) is 4.61. The maximum absolute atomic E-state index is 11.0. The van der Waals surface area contributed by atoms with Gasteiger partial charge in [-0.25, -0.2) is 9.78 Å². The van der Waals surface area contributed by atoms with E-state index >= 15 is 0 Å². The number of nitrogens with zero attached hydrogens (tertiary/aromatic N) is 1. The van der Waals surface area contributed by atoms with Gasteiger partial charge in [-0.1, -0.05) is 48.9 Å². The van der Waals surface area contributed by atoms with Gasteiger partial charge in [0.05, 0.1) is 5.69 Å². The fourth-order valence-corrected chi connectivity index (χ4v) is 3.81. The van der Waals surface area contributed by atoms with Crippen LogP contribution < -0.4 is 5.76 Å². The van der Waals surface area contributed by atoms with Crippen LogP contribution in [0.3, 0.4) is 0 Å². The monoisotopic (exact) mass is 432 g/mol. The normalized spacial score (nSPS) is 11.2. The lowest BCUT2D eigenvalue weighted by atomic mass is 10.0. The SMILES string of the molecule is Cc1oc(-c2ccccc2)nc1CCc1ccc(CCCCCc2oc(=O)[nH]c2O)cc1. The molecule has 32 heavy (non-hydrogen) atoms. The molecular formula is C26H28N2O4. The average Bonchev–Trinajstić information content (AvgIpc) is 3.34. The van der Waals surface area contributed by atoms with Gasteiger partial charge in [0.2, 0.25) is 11.8 Å². The molecule has 0 bridgehead atoms. The van der Waals surface area contributed by atoms with E-state index in [1.165, 1.54) is 11.1 Å². The van der Waals surface area contributed by atoms with Crippen LogP contribution in [0.4, 0.5) is 0 Å². The van der Waals surface area contributed by atoms with Gasteiger partial charge in [0, 0.05) is 12.0 Å². The number of aromatic amines is 1. The first-order chi connectivity index (χ1) is 15.6. The highest BCUT2D eigenvalue weighted by Gasteiger charge is 2.11. The number of hydrogen-bond donors (Lipinski definition) is 2. The topological polar surface area (TPSA) is 92.3 Å². The van der Waals surface area contributed by atoms with Crippen molar-refractivity contribution in [2.75, 3.05) is 0 Å². The second-order valence-corrected chi connectivity index (χ2v) is 8.05. The van der Waals surface area contributed by atoms with E-state index in [1.807, 2.05) is 37.3 Å². The van der Waals surface area contributed by atoms with Crippen LogP contribution in [0.5, 0.6) is 5.88 Å². The zero-order chi connectivity index (χ0) is 22.3. The molecule has 0 atom stereocenters. The van der Waals surface area contributed by atoms with Crippen LogP contribution in [0.2, 0.25) is 0 Å². The maximum atomic E-state index is 11.0. The number of H-pyrrole nitrogens is 1. The summed E-state index contributed by atoms with van der Waals surface area (Å²) in [5.74, 6) is 1.16. The van der Waals surface area contributed by atoms with Crippen LogP contribution in [-0.2, 0) is 25.7 Å². The van der Waals surface area contributed by atoms with E-state index in [0.29, 0.717) is 18.1 Å². The van der Waals surface area contributed by atoms with Gasteiger partial charge < -0.3 is 13.9 Å². The Hall–Kier alpha value is -3.54. The number of aromatic hydroxyl groups is 1. The van der Waals surface area contributed by atoms with Crippen molar-refractivity contribution >= 4 is 0 Å². The summed E-state index contributed by atoms with van der Waals surface area (Å²) in [6.45, 7) is 1.98. The fourth-order valence-electron chi connectivity index (χ4n) is 3.81. The Bertz CT molecular complexity index is 1190. The molecule has 2 aromatic heterocycles. The van der Waals surface area contributed by atoms with Crippen molar-refractivity contribution in [1.82, 2.24) is 9.97 Å². The lowest BCUT2D eigenvalue weighted by Gasteiger charge is -2.04. The molecule has 0 saturated carbocycles. The molecule has 2 N–H and O–H groups in total. The van der Waals surface area contributed by atoms with Crippen LogP contribution in [-0.4, -0.2) is 15.1 Å². The van der Waals surface area contributed by atoms with Crippen LogP contribution in [0, 0.1) is 6.92 Å². The summed E-state index contributed by atoms with van der Waals surface area (Å²) in [5, 5.41) is 9.52. The van der Waals surface area contributed by atoms with Gasteiger partial charge >= 0.3 is 5.76 Å². The molecule has 0 aliphatic carbocycles. The Labute approximate surface area is 187 Å². The highest BCUT2D eigenvalue weighted by Crippen LogP contribution is 2.22. The smallest absolute Gasteiger partial charge is 0.419 e. The number of aromatic nitrogens is 2. The third kappa shape index (κ3) is 5.58. The lowest BCUT2D eigenvalue weighted by molar-refractivity contribution is 0.415. The molecule has 0 unspecified atom stereocenters. The van der Waals surface area contributed by atoms with Gasteiger partial charge in [-0.2, -0.15) is 0 Å². The zero-order valence-electron chi connectivity index (χ0n) is 18.3. The predicted molar refractivity (Wildman–Crippen MR) is 123 cm³/mol. The van der Waals surface area contributed by atoms with Crippen molar-refractivity contribution in [3.8, 4) is 17.3 Å². The zero-order valence-corrected chi connectivity index (χ0v) is 18.3. The number of hydrogen-bond acceptors (Lipinski definition) is 5. The summed E-state index contributed by atoms with van der Waals surface area (Å²) in [4.78, 5) is 18.0. The summed E-state index contributed by atoms with van der Waals surface area (Å²) in [7, 11) is 0. The minimum atomic E-state index is -0.604. The minimum absolute atomic E-state index is 0.150. The van der Waals surface area contributed by atoms with Gasteiger partial charge in [0.15, 0.2) is 5.76 Å². The first-order valence-corrected chi connectivity index (χ1v) is 11.1. The fraction of sp³-hybridized carbons (Fsp3) is 0.308. The Morgan fingerprint density at radius 2 is 1.53 bits per heavy atom.